The van der Waals surface area contributed by atoms with Crippen LogP contribution in [-0.2, 0) is 20.4 Å². The first-order valence-electron chi connectivity index (χ1n) is 12.9. The van der Waals surface area contributed by atoms with Gasteiger partial charge in [-0.3, -0.25) is 18.7 Å². The number of piperidine rings is 1. The van der Waals surface area contributed by atoms with Crippen LogP contribution in [0.3, 0.4) is 0 Å². The summed E-state index contributed by atoms with van der Waals surface area (Å²) in [6.45, 7) is 2.34. The van der Waals surface area contributed by atoms with Crippen molar-refractivity contribution in [3.05, 3.63) is 24.3 Å². The molecule has 11 heteroatoms. The molecule has 2 heterocycles. The molecule has 3 atom stereocenters. The Morgan fingerprint density at radius 3 is 2.43 bits per heavy atom. The van der Waals surface area contributed by atoms with Gasteiger partial charge in [0.15, 0.2) is 0 Å². The highest BCUT2D eigenvalue weighted by Crippen LogP contribution is 2.46. The summed E-state index contributed by atoms with van der Waals surface area (Å²) < 4.78 is 45.7. The van der Waals surface area contributed by atoms with E-state index < -0.39 is 45.2 Å². The van der Waals surface area contributed by atoms with Gasteiger partial charge < -0.3 is 15.0 Å². The molecule has 8 nitrogen and oxygen atoms in total. The molecule has 2 aliphatic heterocycles. The lowest BCUT2D eigenvalue weighted by Crippen LogP contribution is -2.57. The topological polar surface area (TPSA) is 103 Å². The number of nitrogens with one attached hydrogen (secondary N) is 1. The Balaban J connectivity index is 1.41. The minimum atomic E-state index is -3.46. The van der Waals surface area contributed by atoms with Gasteiger partial charge in [-0.05, 0) is 70.2 Å². The number of para-hydroxylation sites is 1. The van der Waals surface area contributed by atoms with Crippen molar-refractivity contribution in [1.29, 1.82) is 5.26 Å². The Morgan fingerprint density at radius 1 is 1.16 bits per heavy atom. The van der Waals surface area contributed by atoms with E-state index in [1.54, 1.807) is 6.07 Å². The van der Waals surface area contributed by atoms with Crippen LogP contribution in [0.25, 0.3) is 0 Å². The number of rotatable bonds is 8. The number of amides is 2. The van der Waals surface area contributed by atoms with Crippen LogP contribution in [0.5, 0.6) is 5.75 Å². The highest BCUT2D eigenvalue weighted by atomic mass is 32.2. The van der Waals surface area contributed by atoms with Gasteiger partial charge in [0.05, 0.1) is 27.0 Å². The normalized spacial score (nSPS) is 27.1. The predicted molar refractivity (Wildman–Crippen MR) is 131 cm³/mol. The molecule has 0 aromatic heterocycles. The van der Waals surface area contributed by atoms with E-state index in [9.17, 15) is 27.8 Å². The Kier molecular flexibility index (Phi) is 6.77. The minimum absolute atomic E-state index is 0.0650. The molecule has 0 bridgehead atoms. The number of nitrogens with zero attached hydrogens (tertiary/aromatic N) is 3. The molecule has 4 aliphatic rings. The summed E-state index contributed by atoms with van der Waals surface area (Å²) in [6.07, 6.45) is 2.37. The molecule has 2 saturated carbocycles. The van der Waals surface area contributed by atoms with Crippen molar-refractivity contribution >= 4 is 22.6 Å². The summed E-state index contributed by atoms with van der Waals surface area (Å²) in [7, 11) is -1.81. The molecule has 5 rings (SSSR count). The second-order valence-electron chi connectivity index (χ2n) is 10.7. The van der Waals surface area contributed by atoms with Gasteiger partial charge in [0, 0.05) is 13.5 Å². The fourth-order valence-corrected chi connectivity index (χ4v) is 7.11. The number of halogens is 2. The van der Waals surface area contributed by atoms with Crippen LogP contribution in [-0.4, -0.2) is 73.9 Å². The fourth-order valence-electron chi connectivity index (χ4n) is 5.58. The summed E-state index contributed by atoms with van der Waals surface area (Å²) >= 11 is 0. The molecule has 3 unspecified atom stereocenters. The van der Waals surface area contributed by atoms with Gasteiger partial charge in [0.2, 0.25) is 11.8 Å². The van der Waals surface area contributed by atoms with Crippen LogP contribution in [0.4, 0.5) is 8.78 Å². The van der Waals surface area contributed by atoms with E-state index in [4.69, 9.17) is 4.74 Å². The van der Waals surface area contributed by atoms with Crippen LogP contribution >= 0.6 is 0 Å². The van der Waals surface area contributed by atoms with Crippen molar-refractivity contribution in [3.8, 4) is 11.8 Å². The van der Waals surface area contributed by atoms with Gasteiger partial charge in [-0.15, -0.1) is 0 Å². The highest BCUT2D eigenvalue weighted by Gasteiger charge is 2.59. The lowest BCUT2D eigenvalue weighted by molar-refractivity contribution is -0.160. The Bertz CT molecular complexity index is 1140. The average Bonchev–Trinajstić information content (AvgIpc) is 3.80. The van der Waals surface area contributed by atoms with Gasteiger partial charge in [-0.2, -0.15) is 14.0 Å². The lowest BCUT2D eigenvalue weighted by atomic mass is 10.1. The number of hydrogen-bond acceptors (Lipinski definition) is 6. The molecular formula is C26H32F2N4O4S. The summed E-state index contributed by atoms with van der Waals surface area (Å²) in [5, 5.41) is 11.6. The molecule has 4 fully saturated rings. The van der Waals surface area contributed by atoms with Crippen molar-refractivity contribution < 1.29 is 27.3 Å². The number of benzene rings is 1. The fraction of sp³-hybridized carbons (Fsp3) is 0.654. The van der Waals surface area contributed by atoms with Crippen molar-refractivity contribution in [3.63, 3.8) is 0 Å². The van der Waals surface area contributed by atoms with Gasteiger partial charge >= 0.3 is 6.11 Å². The summed E-state index contributed by atoms with van der Waals surface area (Å²) in [5.41, 5.74) is -1.53. The number of ether oxygens (including phenoxy) is 1. The SMILES string of the molecule is CC(F)(F)Oc1ccccc1S(=O)C1CC(C(=O)NC2(C#N)CC2)N(C(=O)C2(N3CCCCC3)CC2)C1. The van der Waals surface area contributed by atoms with Crippen LogP contribution in [0.1, 0.15) is 58.3 Å². The van der Waals surface area contributed by atoms with Crippen molar-refractivity contribution in [2.75, 3.05) is 19.6 Å². The predicted octanol–water partition coefficient (Wildman–Crippen LogP) is 2.95. The standard InChI is InChI=1S/C26H32F2N4O4S/c1-24(27,28)36-20-7-3-4-8-21(20)37(35)18-15-19(22(33)30-25(17-29)9-10-25)32(16-18)23(34)26(11-12-26)31-13-5-2-6-14-31/h3-4,7-8,18-19H,2,5-6,9-16H2,1H3,(H,30,33). The van der Waals surface area contributed by atoms with E-state index in [-0.39, 0.29) is 29.5 Å². The van der Waals surface area contributed by atoms with Gasteiger partial charge in [0.1, 0.15) is 22.9 Å². The molecule has 2 saturated heterocycles. The number of carbonyl (C=O) groups excluding carboxylic acids is 2. The molecule has 2 aliphatic carbocycles. The van der Waals surface area contributed by atoms with Crippen LogP contribution in [0, 0.1) is 11.3 Å². The summed E-state index contributed by atoms with van der Waals surface area (Å²) in [6, 6.07) is 7.19. The molecule has 2 amide bonds. The second kappa shape index (κ2) is 9.62. The Labute approximate surface area is 217 Å². The molecule has 1 aromatic rings. The first-order chi connectivity index (χ1) is 17.6. The number of carbonyl (C=O) groups is 2. The van der Waals surface area contributed by atoms with E-state index in [1.165, 1.54) is 23.1 Å². The molecule has 1 N–H and O–H groups in total. The maximum absolute atomic E-state index is 14.0. The third kappa shape index (κ3) is 5.23. The van der Waals surface area contributed by atoms with Crippen LogP contribution in [0.15, 0.2) is 29.2 Å². The Hall–Kier alpha value is -2.58. The first-order valence-corrected chi connectivity index (χ1v) is 14.1. The monoisotopic (exact) mass is 534 g/mol. The molecule has 0 spiro atoms. The largest absolute Gasteiger partial charge is 0.431 e. The number of hydrogen-bond donors (Lipinski definition) is 1. The third-order valence-electron chi connectivity index (χ3n) is 7.89. The summed E-state index contributed by atoms with van der Waals surface area (Å²) in [5.74, 6) is -0.751. The molecule has 37 heavy (non-hydrogen) atoms. The van der Waals surface area contributed by atoms with Crippen molar-refractivity contribution in [2.45, 2.75) is 91.7 Å². The second-order valence-corrected chi connectivity index (χ2v) is 12.4. The smallest absolute Gasteiger partial charge is 0.394 e. The van der Waals surface area contributed by atoms with Gasteiger partial charge in [-0.1, -0.05) is 18.6 Å². The van der Waals surface area contributed by atoms with Gasteiger partial charge in [0.25, 0.3) is 0 Å². The van der Waals surface area contributed by atoms with Gasteiger partial charge in [-0.25, -0.2) is 0 Å². The first kappa shape index (κ1) is 26.0. The average molecular weight is 535 g/mol. The minimum Gasteiger partial charge on any atom is -0.431 e. The van der Waals surface area contributed by atoms with E-state index in [1.807, 2.05) is 0 Å². The summed E-state index contributed by atoms with van der Waals surface area (Å²) in [4.78, 5) is 31.2. The van der Waals surface area contributed by atoms with E-state index >= 15 is 0 Å². The van der Waals surface area contributed by atoms with Crippen LogP contribution < -0.4 is 10.1 Å². The van der Waals surface area contributed by atoms with E-state index in [0.29, 0.717) is 19.8 Å². The Morgan fingerprint density at radius 2 is 1.84 bits per heavy atom. The lowest BCUT2D eigenvalue weighted by Gasteiger charge is -2.37. The molecule has 1 aromatic carbocycles. The number of likely N-dealkylation sites (tertiary alicyclic amines) is 2. The zero-order chi connectivity index (χ0) is 26.4. The maximum Gasteiger partial charge on any atom is 0.394 e. The highest BCUT2D eigenvalue weighted by molar-refractivity contribution is 7.85. The number of nitriles is 1. The molecular weight excluding hydrogens is 502 g/mol. The maximum atomic E-state index is 14.0. The van der Waals surface area contributed by atoms with E-state index in [2.05, 4.69) is 16.3 Å². The zero-order valence-corrected chi connectivity index (χ0v) is 21.7. The van der Waals surface area contributed by atoms with E-state index in [0.717, 1.165) is 45.2 Å². The quantitative estimate of drug-likeness (QED) is 0.550. The molecule has 200 valence electrons. The zero-order valence-electron chi connectivity index (χ0n) is 20.9. The molecule has 0 radical (unpaired) electrons. The third-order valence-corrected chi connectivity index (χ3v) is 9.61. The number of alkyl halides is 2. The van der Waals surface area contributed by atoms with Crippen LogP contribution in [0.2, 0.25) is 0 Å². The van der Waals surface area contributed by atoms with Crippen molar-refractivity contribution in [1.82, 2.24) is 15.1 Å². The van der Waals surface area contributed by atoms with Crippen molar-refractivity contribution in [2.24, 2.45) is 0 Å².